The van der Waals surface area contributed by atoms with Crippen molar-refractivity contribution in [1.82, 2.24) is 0 Å². The minimum Gasteiger partial charge on any atom is -0.493 e. The lowest BCUT2D eigenvalue weighted by atomic mass is 9.99. The van der Waals surface area contributed by atoms with Gasteiger partial charge in [-0.1, -0.05) is 44.0 Å². The van der Waals surface area contributed by atoms with E-state index in [9.17, 15) is 158 Å². The van der Waals surface area contributed by atoms with Crippen molar-refractivity contribution >= 4 is 0 Å². The smallest absolute Gasteiger partial charge is 0.435 e. The number of unbranched alkanes of at least 4 members (excludes halogenated alkanes) is 2. The van der Waals surface area contributed by atoms with Gasteiger partial charge in [0.2, 0.25) is 0 Å². The van der Waals surface area contributed by atoms with Crippen molar-refractivity contribution in [1.29, 1.82) is 0 Å². The first-order valence-corrected chi connectivity index (χ1v) is 22.6. The molecule has 2 aromatic rings. The van der Waals surface area contributed by atoms with Gasteiger partial charge in [0.15, 0.2) is 0 Å². The molecule has 0 fully saturated rings. The molecule has 0 aliphatic carbocycles. The zero-order valence-corrected chi connectivity index (χ0v) is 41.2. The van der Waals surface area contributed by atoms with E-state index >= 15 is 0 Å². The molecular weight excluding hydrogens is 1300 g/mol. The second-order valence-electron chi connectivity index (χ2n) is 17.8. The normalized spacial score (nSPS) is 15.1. The zero-order chi connectivity index (χ0) is 66.7. The molecule has 0 N–H and O–H groups in total. The standard InChI is InChI=1S/C43H36F36O6/c1-2-3-4-5-21-6-8-24(9-7-21)25-14-26(80-12-10-22(17-82-28(32(44,45)46,33(47,48)49)34(50,51)52)18-83-29(35(53,54)55,36(56,57)58)37(59,60)61)16-27(15-25)81-13-11-23(19-84-30(38(62,63)64,39(65,66)67)40(68,69)70)20-85-31(41(71,72)73,42(74,75)76)43(77,78)79/h6-9,14-16,22-23H,2-5,10-13,17-20H2,1H3. The van der Waals surface area contributed by atoms with Gasteiger partial charge in [0.05, 0.1) is 39.6 Å². The number of ether oxygens (including phenoxy) is 6. The van der Waals surface area contributed by atoms with E-state index in [0.29, 0.717) is 49.4 Å². The molecule has 6 nitrogen and oxygen atoms in total. The number of benzene rings is 2. The van der Waals surface area contributed by atoms with Crippen LogP contribution in [0.5, 0.6) is 11.5 Å². The summed E-state index contributed by atoms with van der Waals surface area (Å²) < 4.78 is 514. The maximum Gasteiger partial charge on any atom is 0.435 e. The Bertz CT molecular complexity index is 2010. The Kier molecular flexibility index (Phi) is 23.2. The van der Waals surface area contributed by atoms with Crippen LogP contribution in [0.1, 0.15) is 44.6 Å². The highest BCUT2D eigenvalue weighted by Gasteiger charge is 2.89. The molecule has 0 saturated heterocycles. The largest absolute Gasteiger partial charge is 0.493 e. The van der Waals surface area contributed by atoms with Gasteiger partial charge in [-0.15, -0.1) is 0 Å². The molecule has 85 heavy (non-hydrogen) atoms. The van der Waals surface area contributed by atoms with Crippen LogP contribution in [-0.4, -0.2) is 136 Å². The van der Waals surface area contributed by atoms with E-state index in [0.717, 1.165) is 0 Å². The fourth-order valence-corrected chi connectivity index (χ4v) is 7.35. The van der Waals surface area contributed by atoms with Crippen LogP contribution < -0.4 is 9.47 Å². The summed E-state index contributed by atoms with van der Waals surface area (Å²) in [5, 5.41) is 0. The molecule has 0 atom stereocenters. The third-order valence-electron chi connectivity index (χ3n) is 11.8. The highest BCUT2D eigenvalue weighted by molar-refractivity contribution is 5.67. The topological polar surface area (TPSA) is 55.4 Å². The first-order valence-electron chi connectivity index (χ1n) is 22.6. The highest BCUT2D eigenvalue weighted by Crippen LogP contribution is 2.59. The van der Waals surface area contributed by atoms with Crippen LogP contribution in [0.4, 0.5) is 158 Å². The second-order valence-corrected chi connectivity index (χ2v) is 17.8. The molecular formula is C43H36F36O6. The van der Waals surface area contributed by atoms with E-state index in [1.807, 2.05) is 0 Å². The van der Waals surface area contributed by atoms with E-state index in [-0.39, 0.29) is 5.56 Å². The van der Waals surface area contributed by atoms with Gasteiger partial charge in [0.1, 0.15) is 11.5 Å². The average molecular weight is 1330 g/mol. The van der Waals surface area contributed by atoms with Gasteiger partial charge in [-0.3, -0.25) is 0 Å². The van der Waals surface area contributed by atoms with Gasteiger partial charge >= 0.3 is 96.5 Å². The van der Waals surface area contributed by atoms with Crippen molar-refractivity contribution in [2.75, 3.05) is 39.6 Å². The van der Waals surface area contributed by atoms with Crippen LogP contribution >= 0.6 is 0 Å². The van der Waals surface area contributed by atoms with Crippen molar-refractivity contribution in [3.05, 3.63) is 48.0 Å². The van der Waals surface area contributed by atoms with Crippen molar-refractivity contribution in [2.24, 2.45) is 11.8 Å². The van der Waals surface area contributed by atoms with Gasteiger partial charge in [0, 0.05) is 17.9 Å². The summed E-state index contributed by atoms with van der Waals surface area (Å²) in [5.74, 6) is -8.83. The summed E-state index contributed by atoms with van der Waals surface area (Å²) in [7, 11) is 0. The van der Waals surface area contributed by atoms with E-state index in [1.54, 1.807) is 6.92 Å². The van der Waals surface area contributed by atoms with E-state index in [1.165, 1.54) is 24.3 Å². The number of aryl methyl sites for hydroxylation is 1. The van der Waals surface area contributed by atoms with E-state index in [4.69, 9.17) is 9.47 Å². The summed E-state index contributed by atoms with van der Waals surface area (Å²) >= 11 is 0. The van der Waals surface area contributed by atoms with Gasteiger partial charge in [-0.05, 0) is 54.5 Å². The molecule has 0 radical (unpaired) electrons. The quantitative estimate of drug-likeness (QED) is 0.0729. The van der Waals surface area contributed by atoms with Crippen molar-refractivity contribution < 1.29 is 186 Å². The van der Waals surface area contributed by atoms with E-state index in [2.05, 4.69) is 18.9 Å². The molecule has 0 heterocycles. The molecule has 496 valence electrons. The first-order chi connectivity index (χ1) is 37.7. The summed E-state index contributed by atoms with van der Waals surface area (Å²) in [6.45, 7) is -14.1. The van der Waals surface area contributed by atoms with Crippen LogP contribution in [0.25, 0.3) is 11.1 Å². The number of hydrogen-bond acceptors (Lipinski definition) is 6. The first kappa shape index (κ1) is 76.5. The van der Waals surface area contributed by atoms with Crippen molar-refractivity contribution in [3.8, 4) is 22.6 Å². The SMILES string of the molecule is CCCCCc1ccc(-c2cc(OCCC(COC(C(F)(F)F)(C(F)(F)F)C(F)(F)F)COC(C(F)(F)F)(C(F)(F)F)C(F)(F)F)cc(OCCC(COC(C(F)(F)F)(C(F)(F)F)C(F)(F)F)COC(C(F)(F)F)(C(F)(F)F)C(F)(F)F)c2)cc1. The van der Waals surface area contributed by atoms with Crippen LogP contribution in [0.2, 0.25) is 0 Å². The number of hydrogen-bond donors (Lipinski definition) is 0. The zero-order valence-electron chi connectivity index (χ0n) is 41.2. The second kappa shape index (κ2) is 25.8. The average Bonchev–Trinajstić information content (AvgIpc) is 1.04. The fraction of sp³-hybridized carbons (Fsp3) is 0.721. The molecule has 0 aliphatic rings. The third kappa shape index (κ3) is 16.4. The maximum absolute atomic E-state index is 13.7. The molecule has 2 rings (SSSR count). The molecule has 0 aliphatic heterocycles. The molecule has 0 bridgehead atoms. The molecule has 0 unspecified atom stereocenters. The molecule has 0 amide bonds. The highest BCUT2D eigenvalue weighted by atomic mass is 19.5. The number of halogens is 36. The third-order valence-corrected chi connectivity index (χ3v) is 11.8. The molecule has 0 aromatic heterocycles. The summed E-state index contributed by atoms with van der Waals surface area (Å²) in [6, 6.07) is 6.68. The van der Waals surface area contributed by atoms with Gasteiger partial charge in [-0.2, -0.15) is 158 Å². The molecule has 0 spiro atoms. The van der Waals surface area contributed by atoms with Gasteiger partial charge in [0.25, 0.3) is 0 Å². The predicted molar refractivity (Wildman–Crippen MR) is 210 cm³/mol. The summed E-state index contributed by atoms with van der Waals surface area (Å²) in [6.07, 6.45) is -94.3. The Hall–Kier alpha value is -4.64. The van der Waals surface area contributed by atoms with Gasteiger partial charge < -0.3 is 28.4 Å². The van der Waals surface area contributed by atoms with Crippen LogP contribution in [-0.2, 0) is 25.4 Å². The maximum atomic E-state index is 13.7. The van der Waals surface area contributed by atoms with Crippen LogP contribution in [0, 0.1) is 11.8 Å². The lowest BCUT2D eigenvalue weighted by molar-refractivity contribution is -0.466. The summed E-state index contributed by atoms with van der Waals surface area (Å²) in [4.78, 5) is 0. The predicted octanol–water partition coefficient (Wildman–Crippen LogP) is 17.6. The Morgan fingerprint density at radius 2 is 0.541 bits per heavy atom. The lowest BCUT2D eigenvalue weighted by Gasteiger charge is -2.40. The molecule has 42 heteroatoms. The number of rotatable bonds is 25. The number of alkyl halides is 36. The Balaban J connectivity index is 2.88. The minimum absolute atomic E-state index is 0.134. The molecule has 2 aromatic carbocycles. The monoisotopic (exact) mass is 1330 g/mol. The minimum atomic E-state index is -7.72. The van der Waals surface area contributed by atoms with E-state index < -0.39 is 178 Å². The Morgan fingerprint density at radius 1 is 0.306 bits per heavy atom. The van der Waals surface area contributed by atoms with Crippen LogP contribution in [0.3, 0.4) is 0 Å². The Morgan fingerprint density at radius 3 is 0.753 bits per heavy atom. The van der Waals surface area contributed by atoms with Crippen molar-refractivity contribution in [2.45, 2.75) is 142 Å². The lowest BCUT2D eigenvalue weighted by Crippen LogP contribution is -2.68. The van der Waals surface area contributed by atoms with Crippen LogP contribution in [0.15, 0.2) is 42.5 Å². The van der Waals surface area contributed by atoms with Crippen molar-refractivity contribution in [3.63, 3.8) is 0 Å². The summed E-state index contributed by atoms with van der Waals surface area (Å²) in [5.41, 5.74) is -29.8. The fourth-order valence-electron chi connectivity index (χ4n) is 7.35. The Labute approximate surface area is 450 Å². The van der Waals surface area contributed by atoms with Gasteiger partial charge in [-0.25, -0.2) is 0 Å². The molecule has 0 saturated carbocycles.